The van der Waals surface area contributed by atoms with E-state index in [1.807, 2.05) is 32.6 Å². The molecule has 0 aliphatic heterocycles. The Morgan fingerprint density at radius 1 is 1.33 bits per heavy atom. The second kappa shape index (κ2) is 8.68. The number of rotatable bonds is 8. The van der Waals surface area contributed by atoms with Crippen LogP contribution in [0.5, 0.6) is 0 Å². The van der Waals surface area contributed by atoms with Gasteiger partial charge in [0.15, 0.2) is 0 Å². The number of ether oxygens (including phenoxy) is 1. The van der Waals surface area contributed by atoms with Crippen LogP contribution in [0.25, 0.3) is 0 Å². The van der Waals surface area contributed by atoms with Crippen molar-refractivity contribution in [3.63, 3.8) is 0 Å². The predicted molar refractivity (Wildman–Crippen MR) is 61.9 cm³/mol. The van der Waals surface area contributed by atoms with Crippen molar-refractivity contribution >= 4 is 5.91 Å². The van der Waals surface area contributed by atoms with Gasteiger partial charge < -0.3 is 15.0 Å². The largest absolute Gasteiger partial charge is 0.380 e. The van der Waals surface area contributed by atoms with Crippen LogP contribution in [0.3, 0.4) is 0 Å². The van der Waals surface area contributed by atoms with E-state index in [0.29, 0.717) is 13.2 Å². The summed E-state index contributed by atoms with van der Waals surface area (Å²) in [6, 6.07) is 0.226. The molecular formula is C11H24N2O2. The fourth-order valence-corrected chi connectivity index (χ4v) is 1.30. The Morgan fingerprint density at radius 3 is 2.40 bits per heavy atom. The first kappa shape index (κ1) is 14.4. The molecule has 0 radical (unpaired) electrons. The summed E-state index contributed by atoms with van der Waals surface area (Å²) < 4.78 is 5.25. The number of carbonyl (C=O) groups is 1. The summed E-state index contributed by atoms with van der Waals surface area (Å²) in [4.78, 5) is 13.4. The first-order valence-electron chi connectivity index (χ1n) is 5.74. The molecule has 0 aromatic carbocycles. The predicted octanol–water partition coefficient (Wildman–Crippen LogP) is 0.869. The molecule has 0 bridgehead atoms. The van der Waals surface area contributed by atoms with Gasteiger partial charge >= 0.3 is 0 Å². The van der Waals surface area contributed by atoms with E-state index in [0.717, 1.165) is 19.7 Å². The van der Waals surface area contributed by atoms with Gasteiger partial charge in [-0.15, -0.1) is 0 Å². The third-order valence-electron chi connectivity index (χ3n) is 2.29. The molecule has 1 atom stereocenters. The van der Waals surface area contributed by atoms with E-state index in [4.69, 9.17) is 4.74 Å². The normalized spacial score (nSPS) is 12.5. The summed E-state index contributed by atoms with van der Waals surface area (Å²) in [7, 11) is 0. The molecule has 0 fully saturated rings. The summed E-state index contributed by atoms with van der Waals surface area (Å²) in [5.74, 6) is 0.156. The Balaban J connectivity index is 3.69. The molecule has 15 heavy (non-hydrogen) atoms. The molecule has 0 aliphatic carbocycles. The van der Waals surface area contributed by atoms with Crippen molar-refractivity contribution in [1.29, 1.82) is 0 Å². The Morgan fingerprint density at radius 2 is 1.93 bits per heavy atom. The van der Waals surface area contributed by atoms with Crippen LogP contribution in [0.2, 0.25) is 0 Å². The van der Waals surface area contributed by atoms with Gasteiger partial charge in [0.1, 0.15) is 0 Å². The molecule has 0 aliphatic rings. The van der Waals surface area contributed by atoms with Gasteiger partial charge in [-0.3, -0.25) is 4.79 Å². The van der Waals surface area contributed by atoms with Gasteiger partial charge in [-0.25, -0.2) is 0 Å². The summed E-state index contributed by atoms with van der Waals surface area (Å²) in [6.07, 6.45) is 0. The van der Waals surface area contributed by atoms with Gasteiger partial charge in [0.25, 0.3) is 0 Å². The SMILES string of the molecule is CCOCC(C)NCC(=O)N(CC)CC. The molecule has 4 heteroatoms. The number of nitrogens with zero attached hydrogens (tertiary/aromatic N) is 1. The summed E-state index contributed by atoms with van der Waals surface area (Å²) >= 11 is 0. The Kier molecular flexibility index (Phi) is 8.33. The van der Waals surface area contributed by atoms with E-state index < -0.39 is 0 Å². The molecule has 0 saturated heterocycles. The lowest BCUT2D eigenvalue weighted by Gasteiger charge is -2.20. The molecule has 0 aromatic rings. The van der Waals surface area contributed by atoms with Crippen LogP contribution in [0, 0.1) is 0 Å². The van der Waals surface area contributed by atoms with E-state index in [9.17, 15) is 4.79 Å². The molecule has 0 spiro atoms. The minimum atomic E-state index is 0.156. The fourth-order valence-electron chi connectivity index (χ4n) is 1.30. The zero-order valence-corrected chi connectivity index (χ0v) is 10.4. The second-order valence-electron chi connectivity index (χ2n) is 3.51. The van der Waals surface area contributed by atoms with E-state index in [-0.39, 0.29) is 11.9 Å². The first-order valence-corrected chi connectivity index (χ1v) is 5.74. The van der Waals surface area contributed by atoms with Crippen LogP contribution >= 0.6 is 0 Å². The van der Waals surface area contributed by atoms with Crippen molar-refractivity contribution in [3.8, 4) is 0 Å². The molecule has 4 nitrogen and oxygen atoms in total. The minimum absolute atomic E-state index is 0.156. The molecule has 0 rings (SSSR count). The lowest BCUT2D eigenvalue weighted by molar-refractivity contribution is -0.130. The molecular weight excluding hydrogens is 192 g/mol. The number of hydrogen-bond acceptors (Lipinski definition) is 3. The third kappa shape index (κ3) is 6.47. The van der Waals surface area contributed by atoms with E-state index in [1.54, 1.807) is 0 Å². The fraction of sp³-hybridized carbons (Fsp3) is 0.909. The molecule has 0 heterocycles. The highest BCUT2D eigenvalue weighted by Crippen LogP contribution is 1.89. The standard InChI is InChI=1S/C11H24N2O2/c1-5-13(6-2)11(14)8-12-10(4)9-15-7-3/h10,12H,5-9H2,1-4H3. The minimum Gasteiger partial charge on any atom is -0.380 e. The van der Waals surface area contributed by atoms with Gasteiger partial charge in [-0.05, 0) is 27.7 Å². The maximum Gasteiger partial charge on any atom is 0.236 e. The molecule has 0 aromatic heterocycles. The van der Waals surface area contributed by atoms with Crippen LogP contribution < -0.4 is 5.32 Å². The van der Waals surface area contributed by atoms with Gasteiger partial charge in [0.05, 0.1) is 13.2 Å². The smallest absolute Gasteiger partial charge is 0.236 e. The van der Waals surface area contributed by atoms with Gasteiger partial charge in [-0.2, -0.15) is 0 Å². The lowest BCUT2D eigenvalue weighted by Crippen LogP contribution is -2.42. The van der Waals surface area contributed by atoms with Crippen LogP contribution in [-0.2, 0) is 9.53 Å². The summed E-state index contributed by atoms with van der Waals surface area (Å²) in [5.41, 5.74) is 0. The Bertz CT molecular complexity index is 170. The van der Waals surface area contributed by atoms with E-state index in [1.165, 1.54) is 0 Å². The third-order valence-corrected chi connectivity index (χ3v) is 2.29. The van der Waals surface area contributed by atoms with Crippen molar-refractivity contribution in [2.24, 2.45) is 0 Å². The average molecular weight is 216 g/mol. The molecule has 1 unspecified atom stereocenters. The van der Waals surface area contributed by atoms with Crippen LogP contribution in [0.1, 0.15) is 27.7 Å². The quantitative estimate of drug-likeness (QED) is 0.654. The summed E-state index contributed by atoms with van der Waals surface area (Å²) in [6.45, 7) is 11.3. The number of nitrogens with one attached hydrogen (secondary N) is 1. The zero-order chi connectivity index (χ0) is 11.7. The average Bonchev–Trinajstić information content (AvgIpc) is 2.25. The molecule has 0 saturated carbocycles. The monoisotopic (exact) mass is 216 g/mol. The van der Waals surface area contributed by atoms with E-state index >= 15 is 0 Å². The van der Waals surface area contributed by atoms with Gasteiger partial charge in [0.2, 0.25) is 5.91 Å². The van der Waals surface area contributed by atoms with E-state index in [2.05, 4.69) is 5.32 Å². The first-order chi connectivity index (χ1) is 7.15. The molecule has 1 amide bonds. The van der Waals surface area contributed by atoms with Crippen LogP contribution in [-0.4, -0.2) is 49.7 Å². The van der Waals surface area contributed by atoms with Crippen molar-refractivity contribution in [2.45, 2.75) is 33.7 Å². The number of likely N-dealkylation sites (N-methyl/N-ethyl adjacent to an activating group) is 1. The highest BCUT2D eigenvalue weighted by molar-refractivity contribution is 5.78. The van der Waals surface area contributed by atoms with Crippen LogP contribution in [0.15, 0.2) is 0 Å². The highest BCUT2D eigenvalue weighted by atomic mass is 16.5. The van der Waals surface area contributed by atoms with Crippen LogP contribution in [0.4, 0.5) is 0 Å². The van der Waals surface area contributed by atoms with Crippen molar-refractivity contribution in [1.82, 2.24) is 10.2 Å². The Hall–Kier alpha value is -0.610. The number of amides is 1. The molecule has 1 N–H and O–H groups in total. The number of hydrogen-bond donors (Lipinski definition) is 1. The summed E-state index contributed by atoms with van der Waals surface area (Å²) in [5, 5.41) is 3.15. The van der Waals surface area contributed by atoms with Gasteiger partial charge in [-0.1, -0.05) is 0 Å². The Labute approximate surface area is 93.0 Å². The molecule has 90 valence electrons. The van der Waals surface area contributed by atoms with Crippen molar-refractivity contribution < 1.29 is 9.53 Å². The maximum atomic E-state index is 11.6. The maximum absolute atomic E-state index is 11.6. The lowest BCUT2D eigenvalue weighted by atomic mass is 10.3. The van der Waals surface area contributed by atoms with Crippen molar-refractivity contribution in [3.05, 3.63) is 0 Å². The highest BCUT2D eigenvalue weighted by Gasteiger charge is 2.10. The zero-order valence-electron chi connectivity index (χ0n) is 10.4. The van der Waals surface area contributed by atoms with Gasteiger partial charge in [0, 0.05) is 25.7 Å². The topological polar surface area (TPSA) is 41.6 Å². The number of carbonyl (C=O) groups excluding carboxylic acids is 1. The second-order valence-corrected chi connectivity index (χ2v) is 3.51. The van der Waals surface area contributed by atoms with Crippen molar-refractivity contribution in [2.75, 3.05) is 32.8 Å².